The number of piperazine rings is 1. The molecule has 1 saturated heterocycles. The van der Waals surface area contributed by atoms with Crippen molar-refractivity contribution in [3.63, 3.8) is 0 Å². The van der Waals surface area contributed by atoms with Crippen LogP contribution in [-0.4, -0.2) is 54.5 Å². The lowest BCUT2D eigenvalue weighted by molar-refractivity contribution is -0.384. The number of nitro groups is 1. The zero-order chi connectivity index (χ0) is 22.6. The molecule has 0 N–H and O–H groups in total. The molecule has 1 saturated carbocycles. The molecule has 0 radical (unpaired) electrons. The number of anilines is 1. The minimum absolute atomic E-state index is 0.0614. The molecule has 0 aromatic heterocycles. The Kier molecular flexibility index (Phi) is 7.18. The Morgan fingerprint density at radius 2 is 1.61 bits per heavy atom. The maximum Gasteiger partial charge on any atom is 0.309 e. The topological polar surface area (TPSA) is 93.0 Å². The number of carbonyl (C=O) groups is 2. The van der Waals surface area contributed by atoms with Crippen LogP contribution >= 0.6 is 0 Å². The van der Waals surface area contributed by atoms with Gasteiger partial charge in [0.05, 0.1) is 10.8 Å². The molecule has 0 atom stereocenters. The number of rotatable bonds is 5. The molecular formula is C23H33N3O5. The predicted molar refractivity (Wildman–Crippen MR) is 118 cm³/mol. The van der Waals surface area contributed by atoms with Crippen LogP contribution in [0.4, 0.5) is 11.4 Å². The zero-order valence-electron chi connectivity index (χ0n) is 18.7. The second kappa shape index (κ2) is 9.66. The Morgan fingerprint density at radius 1 is 1.03 bits per heavy atom. The summed E-state index contributed by atoms with van der Waals surface area (Å²) in [7, 11) is 0. The number of nitro benzene ring substituents is 1. The number of hydrogen-bond acceptors (Lipinski definition) is 6. The Labute approximate surface area is 183 Å². The van der Waals surface area contributed by atoms with E-state index in [1.165, 1.54) is 12.1 Å². The second-order valence-electron chi connectivity index (χ2n) is 9.66. The van der Waals surface area contributed by atoms with Gasteiger partial charge in [0, 0.05) is 44.0 Å². The Hall–Kier alpha value is -2.64. The van der Waals surface area contributed by atoms with Gasteiger partial charge >= 0.3 is 5.97 Å². The van der Waals surface area contributed by atoms with Gasteiger partial charge in [0.1, 0.15) is 0 Å². The van der Waals surface area contributed by atoms with Gasteiger partial charge in [-0.05, 0) is 49.1 Å². The van der Waals surface area contributed by atoms with E-state index in [2.05, 4.69) is 25.7 Å². The fraction of sp³-hybridized carbons (Fsp3) is 0.652. The normalized spacial score (nSPS) is 22.2. The predicted octanol–water partition coefficient (Wildman–Crippen LogP) is 3.64. The minimum Gasteiger partial charge on any atom is -0.455 e. The quantitative estimate of drug-likeness (QED) is 0.401. The van der Waals surface area contributed by atoms with Crippen LogP contribution in [0.15, 0.2) is 24.3 Å². The second-order valence-corrected chi connectivity index (χ2v) is 9.66. The molecule has 8 heteroatoms. The molecule has 1 aromatic rings. The lowest BCUT2D eigenvalue weighted by Gasteiger charge is -2.37. The average molecular weight is 432 g/mol. The van der Waals surface area contributed by atoms with Crippen molar-refractivity contribution in [2.24, 2.45) is 17.3 Å². The maximum atomic E-state index is 12.5. The third kappa shape index (κ3) is 5.95. The van der Waals surface area contributed by atoms with Crippen LogP contribution in [0.1, 0.15) is 46.5 Å². The van der Waals surface area contributed by atoms with Gasteiger partial charge in [-0.2, -0.15) is 0 Å². The van der Waals surface area contributed by atoms with E-state index in [1.807, 2.05) is 0 Å². The molecule has 0 unspecified atom stereocenters. The van der Waals surface area contributed by atoms with E-state index < -0.39 is 4.92 Å². The molecule has 0 bridgehead atoms. The van der Waals surface area contributed by atoms with Crippen molar-refractivity contribution >= 4 is 23.3 Å². The van der Waals surface area contributed by atoms with E-state index in [0.29, 0.717) is 32.1 Å². The summed E-state index contributed by atoms with van der Waals surface area (Å²) in [6.07, 6.45) is 3.73. The molecule has 3 rings (SSSR count). The number of esters is 1. The molecular weight excluding hydrogens is 398 g/mol. The van der Waals surface area contributed by atoms with E-state index >= 15 is 0 Å². The number of benzene rings is 1. The number of hydrogen-bond donors (Lipinski definition) is 0. The number of nitrogens with zero attached hydrogens (tertiary/aromatic N) is 3. The van der Waals surface area contributed by atoms with Crippen molar-refractivity contribution in [1.29, 1.82) is 0 Å². The molecule has 1 aliphatic heterocycles. The monoisotopic (exact) mass is 431 g/mol. The van der Waals surface area contributed by atoms with E-state index in [0.717, 1.165) is 31.4 Å². The Morgan fingerprint density at radius 3 is 2.13 bits per heavy atom. The Bertz CT molecular complexity index is 786. The van der Waals surface area contributed by atoms with Gasteiger partial charge in [-0.25, -0.2) is 0 Å². The summed E-state index contributed by atoms with van der Waals surface area (Å²) in [6, 6.07) is 6.43. The van der Waals surface area contributed by atoms with Gasteiger partial charge in [-0.3, -0.25) is 19.7 Å². The minimum atomic E-state index is -0.419. The van der Waals surface area contributed by atoms with Gasteiger partial charge in [0.2, 0.25) is 0 Å². The van der Waals surface area contributed by atoms with Crippen molar-refractivity contribution in [2.45, 2.75) is 46.5 Å². The van der Waals surface area contributed by atoms with E-state index in [-0.39, 0.29) is 35.5 Å². The standard InChI is InChI=1S/C23H33N3O5/c1-23(2,3)18-6-4-17(5-7-18)22(28)31-16-21(27)25-14-12-24(13-15-25)19-8-10-20(11-9-19)26(29)30/h8-11,17-18H,4-7,12-16H2,1-3H3. The third-order valence-corrected chi connectivity index (χ3v) is 6.68. The molecule has 2 aliphatic rings. The van der Waals surface area contributed by atoms with Crippen LogP contribution in [0, 0.1) is 27.4 Å². The molecule has 8 nitrogen and oxygen atoms in total. The summed E-state index contributed by atoms with van der Waals surface area (Å²) >= 11 is 0. The van der Waals surface area contributed by atoms with Crippen molar-refractivity contribution in [2.75, 3.05) is 37.7 Å². The highest BCUT2D eigenvalue weighted by molar-refractivity contribution is 5.81. The lowest BCUT2D eigenvalue weighted by Crippen LogP contribution is -2.50. The summed E-state index contributed by atoms with van der Waals surface area (Å²) in [5.74, 6) is 0.126. The first-order valence-corrected chi connectivity index (χ1v) is 11.1. The molecule has 170 valence electrons. The van der Waals surface area contributed by atoms with Crippen molar-refractivity contribution in [1.82, 2.24) is 4.90 Å². The third-order valence-electron chi connectivity index (χ3n) is 6.68. The van der Waals surface area contributed by atoms with Gasteiger partial charge in [-0.1, -0.05) is 20.8 Å². The molecule has 0 spiro atoms. The van der Waals surface area contributed by atoms with Gasteiger partial charge in [-0.15, -0.1) is 0 Å². The fourth-order valence-electron chi connectivity index (χ4n) is 4.54. The first kappa shape index (κ1) is 23.0. The Balaban J connectivity index is 1.40. The maximum absolute atomic E-state index is 12.5. The van der Waals surface area contributed by atoms with Crippen molar-refractivity contribution < 1.29 is 19.2 Å². The van der Waals surface area contributed by atoms with Gasteiger partial charge in [0.25, 0.3) is 11.6 Å². The van der Waals surface area contributed by atoms with Crippen LogP contribution in [0.2, 0.25) is 0 Å². The molecule has 31 heavy (non-hydrogen) atoms. The van der Waals surface area contributed by atoms with Crippen LogP contribution in [0.3, 0.4) is 0 Å². The van der Waals surface area contributed by atoms with Crippen LogP contribution in [0.25, 0.3) is 0 Å². The average Bonchev–Trinajstić information content (AvgIpc) is 2.77. The fourth-order valence-corrected chi connectivity index (χ4v) is 4.54. The molecule has 1 aliphatic carbocycles. The first-order valence-electron chi connectivity index (χ1n) is 11.1. The highest BCUT2D eigenvalue weighted by atomic mass is 16.6. The molecule has 1 amide bonds. The zero-order valence-corrected chi connectivity index (χ0v) is 18.7. The highest BCUT2D eigenvalue weighted by Gasteiger charge is 2.33. The van der Waals surface area contributed by atoms with Crippen LogP contribution in [0.5, 0.6) is 0 Å². The van der Waals surface area contributed by atoms with Gasteiger partial charge < -0.3 is 14.5 Å². The summed E-state index contributed by atoms with van der Waals surface area (Å²) in [6.45, 7) is 8.87. The van der Waals surface area contributed by atoms with E-state index in [1.54, 1.807) is 17.0 Å². The number of carbonyl (C=O) groups excluding carboxylic acids is 2. The molecule has 1 aromatic carbocycles. The van der Waals surface area contributed by atoms with Crippen molar-refractivity contribution in [3.05, 3.63) is 34.4 Å². The van der Waals surface area contributed by atoms with E-state index in [9.17, 15) is 19.7 Å². The number of ether oxygens (including phenoxy) is 1. The first-order chi connectivity index (χ1) is 14.6. The summed E-state index contributed by atoms with van der Waals surface area (Å²) < 4.78 is 5.36. The van der Waals surface area contributed by atoms with E-state index in [4.69, 9.17) is 4.74 Å². The molecule has 2 fully saturated rings. The summed E-state index contributed by atoms with van der Waals surface area (Å²) in [4.78, 5) is 39.1. The largest absolute Gasteiger partial charge is 0.455 e. The lowest BCUT2D eigenvalue weighted by atomic mass is 9.70. The highest BCUT2D eigenvalue weighted by Crippen LogP contribution is 2.40. The number of amides is 1. The summed E-state index contributed by atoms with van der Waals surface area (Å²) in [5, 5.41) is 10.8. The number of non-ortho nitro benzene ring substituents is 1. The van der Waals surface area contributed by atoms with Crippen LogP contribution in [-0.2, 0) is 14.3 Å². The molecule has 1 heterocycles. The van der Waals surface area contributed by atoms with Gasteiger partial charge in [0.15, 0.2) is 6.61 Å². The summed E-state index contributed by atoms with van der Waals surface area (Å²) in [5.41, 5.74) is 1.22. The SMILES string of the molecule is CC(C)(C)C1CCC(C(=O)OCC(=O)N2CCN(c3ccc([N+](=O)[O-])cc3)CC2)CC1. The smallest absolute Gasteiger partial charge is 0.309 e. The van der Waals surface area contributed by atoms with Crippen molar-refractivity contribution in [3.8, 4) is 0 Å². The van der Waals surface area contributed by atoms with Crippen LogP contribution < -0.4 is 4.90 Å².